The van der Waals surface area contributed by atoms with Gasteiger partial charge in [-0.15, -0.1) is 5.10 Å². The molecular weight excluding hydrogens is 338 g/mol. The van der Waals surface area contributed by atoms with Crippen molar-refractivity contribution in [1.82, 2.24) is 14.6 Å². The number of methoxy groups -OCH3 is 1. The third kappa shape index (κ3) is 2.81. The van der Waals surface area contributed by atoms with Crippen LogP contribution in [0.3, 0.4) is 0 Å². The monoisotopic (exact) mass is 349 g/mol. The van der Waals surface area contributed by atoms with Crippen LogP contribution in [0.4, 0.5) is 0 Å². The molecular formula is C14H12BrN3OS. The van der Waals surface area contributed by atoms with Crippen molar-refractivity contribution in [2.45, 2.75) is 10.9 Å². The van der Waals surface area contributed by atoms with Crippen LogP contribution in [0.15, 0.2) is 52.2 Å². The largest absolute Gasteiger partial charge is 0.493 e. The van der Waals surface area contributed by atoms with Gasteiger partial charge >= 0.3 is 0 Å². The van der Waals surface area contributed by atoms with Crippen LogP contribution < -0.4 is 4.74 Å². The van der Waals surface area contributed by atoms with E-state index in [0.29, 0.717) is 5.75 Å². The third-order valence-electron chi connectivity index (χ3n) is 2.78. The van der Waals surface area contributed by atoms with Crippen molar-refractivity contribution in [3.63, 3.8) is 0 Å². The van der Waals surface area contributed by atoms with Crippen molar-refractivity contribution in [1.29, 1.82) is 0 Å². The van der Waals surface area contributed by atoms with Crippen LogP contribution in [0.2, 0.25) is 0 Å². The molecule has 0 aliphatic carbocycles. The van der Waals surface area contributed by atoms with E-state index in [4.69, 9.17) is 4.74 Å². The summed E-state index contributed by atoms with van der Waals surface area (Å²) in [4.78, 5) is 4.51. The van der Waals surface area contributed by atoms with E-state index in [0.717, 1.165) is 21.0 Å². The van der Waals surface area contributed by atoms with E-state index in [1.165, 1.54) is 5.56 Å². The number of halogens is 1. The molecule has 2 heterocycles. The van der Waals surface area contributed by atoms with Gasteiger partial charge in [-0.3, -0.25) is 0 Å². The lowest BCUT2D eigenvalue weighted by Crippen LogP contribution is -1.91. The van der Waals surface area contributed by atoms with Gasteiger partial charge in [0, 0.05) is 16.4 Å². The smallest absolute Gasteiger partial charge is 0.209 e. The molecule has 0 bridgehead atoms. The molecule has 0 atom stereocenters. The molecule has 2 aromatic heterocycles. The van der Waals surface area contributed by atoms with Gasteiger partial charge in [-0.05, 0) is 27.6 Å². The first-order valence-corrected chi connectivity index (χ1v) is 7.81. The summed E-state index contributed by atoms with van der Waals surface area (Å²) in [5.41, 5.74) is 1.98. The maximum Gasteiger partial charge on any atom is 0.209 e. The van der Waals surface area contributed by atoms with Crippen LogP contribution in [0.1, 0.15) is 5.56 Å². The lowest BCUT2D eigenvalue weighted by atomic mass is 10.2. The molecule has 3 aromatic rings. The molecule has 0 spiro atoms. The van der Waals surface area contributed by atoms with E-state index in [2.05, 4.69) is 38.1 Å². The SMILES string of the molecule is COc1cc(Br)cn2nc(SCc3ccccc3)nc12. The molecule has 6 heteroatoms. The zero-order chi connectivity index (χ0) is 13.9. The highest BCUT2D eigenvalue weighted by molar-refractivity contribution is 9.10. The van der Waals surface area contributed by atoms with Gasteiger partial charge in [0.05, 0.1) is 7.11 Å². The van der Waals surface area contributed by atoms with Crippen molar-refractivity contribution in [2.75, 3.05) is 7.11 Å². The second-order valence-corrected chi connectivity index (χ2v) is 6.02. The summed E-state index contributed by atoms with van der Waals surface area (Å²) < 4.78 is 7.96. The zero-order valence-electron chi connectivity index (χ0n) is 10.8. The van der Waals surface area contributed by atoms with E-state index in [-0.39, 0.29) is 0 Å². The molecule has 0 radical (unpaired) electrons. The molecule has 4 nitrogen and oxygen atoms in total. The lowest BCUT2D eigenvalue weighted by molar-refractivity contribution is 0.416. The Morgan fingerprint density at radius 3 is 2.85 bits per heavy atom. The van der Waals surface area contributed by atoms with Gasteiger partial charge in [-0.25, -0.2) is 4.52 Å². The van der Waals surface area contributed by atoms with Crippen molar-refractivity contribution >= 4 is 33.3 Å². The van der Waals surface area contributed by atoms with Crippen molar-refractivity contribution in [3.05, 3.63) is 52.6 Å². The molecule has 0 N–H and O–H groups in total. The third-order valence-corrected chi connectivity index (χ3v) is 4.12. The number of nitrogens with zero attached hydrogens (tertiary/aromatic N) is 3. The summed E-state index contributed by atoms with van der Waals surface area (Å²) >= 11 is 5.04. The number of fused-ring (bicyclic) bond motifs is 1. The quantitative estimate of drug-likeness (QED) is 0.671. The number of benzene rings is 1. The fourth-order valence-electron chi connectivity index (χ4n) is 1.84. The normalized spacial score (nSPS) is 10.9. The first-order valence-electron chi connectivity index (χ1n) is 6.03. The molecule has 0 saturated carbocycles. The summed E-state index contributed by atoms with van der Waals surface area (Å²) in [6.07, 6.45) is 1.87. The van der Waals surface area contributed by atoms with Gasteiger partial charge < -0.3 is 4.74 Å². The van der Waals surface area contributed by atoms with Gasteiger partial charge in [0.2, 0.25) is 5.16 Å². The van der Waals surface area contributed by atoms with Crippen LogP contribution in [0.25, 0.3) is 5.65 Å². The highest BCUT2D eigenvalue weighted by atomic mass is 79.9. The number of ether oxygens (including phenoxy) is 1. The Labute approximate surface area is 129 Å². The number of hydrogen-bond donors (Lipinski definition) is 0. The first-order chi connectivity index (χ1) is 9.76. The summed E-state index contributed by atoms with van der Waals surface area (Å²) in [7, 11) is 1.63. The Morgan fingerprint density at radius 1 is 1.30 bits per heavy atom. The Morgan fingerprint density at radius 2 is 2.10 bits per heavy atom. The molecule has 0 aliphatic rings. The first kappa shape index (κ1) is 13.5. The van der Waals surface area contributed by atoms with Gasteiger partial charge in [0.25, 0.3) is 0 Å². The van der Waals surface area contributed by atoms with E-state index >= 15 is 0 Å². The van der Waals surface area contributed by atoms with Gasteiger partial charge in [0.15, 0.2) is 11.4 Å². The fourth-order valence-corrected chi connectivity index (χ4v) is 3.03. The highest BCUT2D eigenvalue weighted by Crippen LogP contribution is 2.26. The molecule has 102 valence electrons. The van der Waals surface area contributed by atoms with E-state index in [1.807, 2.05) is 30.5 Å². The summed E-state index contributed by atoms with van der Waals surface area (Å²) in [6, 6.07) is 12.2. The molecule has 20 heavy (non-hydrogen) atoms. The summed E-state index contributed by atoms with van der Waals surface area (Å²) in [5.74, 6) is 1.56. The average Bonchev–Trinajstić information content (AvgIpc) is 2.88. The second-order valence-electron chi connectivity index (χ2n) is 4.16. The molecule has 1 aromatic carbocycles. The summed E-state index contributed by atoms with van der Waals surface area (Å²) in [5, 5.41) is 5.20. The number of aromatic nitrogens is 3. The zero-order valence-corrected chi connectivity index (χ0v) is 13.2. The topological polar surface area (TPSA) is 39.4 Å². The fraction of sp³-hybridized carbons (Fsp3) is 0.143. The van der Waals surface area contributed by atoms with Crippen molar-refractivity contribution < 1.29 is 4.74 Å². The van der Waals surface area contributed by atoms with Gasteiger partial charge in [0.1, 0.15) is 0 Å². The van der Waals surface area contributed by atoms with Crippen molar-refractivity contribution in [2.24, 2.45) is 0 Å². The second kappa shape index (κ2) is 5.85. The predicted molar refractivity (Wildman–Crippen MR) is 83.2 cm³/mol. The Kier molecular flexibility index (Phi) is 3.93. The minimum absolute atomic E-state index is 0.707. The van der Waals surface area contributed by atoms with Crippen molar-refractivity contribution in [3.8, 4) is 5.75 Å². The Hall–Kier alpha value is -1.53. The van der Waals surface area contributed by atoms with E-state index in [9.17, 15) is 0 Å². The standard InChI is InChI=1S/C14H12BrN3OS/c1-19-12-7-11(15)8-18-13(12)16-14(17-18)20-9-10-5-3-2-4-6-10/h2-8H,9H2,1H3. The number of thioether (sulfide) groups is 1. The van der Waals surface area contributed by atoms with Gasteiger partial charge in [-0.1, -0.05) is 42.1 Å². The maximum absolute atomic E-state index is 5.32. The van der Waals surface area contributed by atoms with E-state index < -0.39 is 0 Å². The molecule has 0 fully saturated rings. The Bertz CT molecular complexity index is 730. The molecule has 0 aliphatic heterocycles. The minimum atomic E-state index is 0.707. The molecule has 0 saturated heterocycles. The lowest BCUT2D eigenvalue weighted by Gasteiger charge is -2.00. The predicted octanol–water partition coefficient (Wildman–Crippen LogP) is 3.79. The highest BCUT2D eigenvalue weighted by Gasteiger charge is 2.10. The van der Waals surface area contributed by atoms with Crippen LogP contribution >= 0.6 is 27.7 Å². The average molecular weight is 350 g/mol. The molecule has 3 rings (SSSR count). The summed E-state index contributed by atoms with van der Waals surface area (Å²) in [6.45, 7) is 0. The maximum atomic E-state index is 5.32. The number of rotatable bonds is 4. The molecule has 0 amide bonds. The molecule has 0 unspecified atom stereocenters. The van der Waals surface area contributed by atoms with Gasteiger partial charge in [-0.2, -0.15) is 4.98 Å². The number of hydrogen-bond acceptors (Lipinski definition) is 4. The van der Waals surface area contributed by atoms with Crippen LogP contribution in [-0.4, -0.2) is 21.7 Å². The Balaban J connectivity index is 1.86. The van der Waals surface area contributed by atoms with Crippen LogP contribution in [-0.2, 0) is 5.75 Å². The van der Waals surface area contributed by atoms with E-state index in [1.54, 1.807) is 23.4 Å². The van der Waals surface area contributed by atoms with Crippen LogP contribution in [0.5, 0.6) is 5.75 Å². The number of pyridine rings is 1. The van der Waals surface area contributed by atoms with Crippen LogP contribution in [0, 0.1) is 0 Å². The minimum Gasteiger partial charge on any atom is -0.493 e.